The van der Waals surface area contributed by atoms with Gasteiger partial charge in [-0.15, -0.1) is 0 Å². The van der Waals surface area contributed by atoms with Crippen molar-refractivity contribution >= 4 is 0 Å². The van der Waals surface area contributed by atoms with E-state index in [1.54, 1.807) is 13.8 Å². The van der Waals surface area contributed by atoms with Gasteiger partial charge in [0.2, 0.25) is 0 Å². The number of imidazole rings is 1. The molecular weight excluding hydrogens is 224 g/mol. The number of halogens is 2. The van der Waals surface area contributed by atoms with E-state index in [9.17, 15) is 8.78 Å². The van der Waals surface area contributed by atoms with Gasteiger partial charge in [-0.25, -0.2) is 13.8 Å². The molecule has 0 atom stereocenters. The van der Waals surface area contributed by atoms with Crippen molar-refractivity contribution in [2.45, 2.75) is 19.4 Å². The number of nitrogens with zero attached hydrogens (tertiary/aromatic N) is 1. The van der Waals surface area contributed by atoms with Crippen LogP contribution in [0.15, 0.2) is 24.4 Å². The van der Waals surface area contributed by atoms with Crippen LogP contribution in [0.5, 0.6) is 0 Å². The molecule has 5 heteroatoms. The molecule has 0 saturated heterocycles. The van der Waals surface area contributed by atoms with Crippen LogP contribution in [0.1, 0.15) is 19.7 Å². The zero-order valence-electron chi connectivity index (χ0n) is 9.59. The van der Waals surface area contributed by atoms with Crippen LogP contribution in [0.4, 0.5) is 8.78 Å². The van der Waals surface area contributed by atoms with Gasteiger partial charge in [-0.2, -0.15) is 0 Å². The van der Waals surface area contributed by atoms with Gasteiger partial charge in [0, 0.05) is 5.56 Å². The molecule has 0 amide bonds. The lowest BCUT2D eigenvalue weighted by Gasteiger charge is -2.14. The maximum atomic E-state index is 13.5. The molecule has 17 heavy (non-hydrogen) atoms. The number of nitrogens with two attached hydrogens (primary N) is 1. The molecule has 1 heterocycles. The SMILES string of the molecule is CC(C)(N)c1ncc(-c2cccc(F)c2F)[nH]1. The van der Waals surface area contributed by atoms with Gasteiger partial charge in [-0.3, -0.25) is 0 Å². The fourth-order valence-electron chi connectivity index (χ4n) is 1.50. The number of H-pyrrole nitrogens is 1. The molecule has 0 saturated carbocycles. The highest BCUT2D eigenvalue weighted by Gasteiger charge is 2.19. The number of benzene rings is 1. The Bertz CT molecular complexity index is 541. The second kappa shape index (κ2) is 3.92. The Labute approximate surface area is 97.7 Å². The Hall–Kier alpha value is -1.75. The van der Waals surface area contributed by atoms with E-state index in [0.29, 0.717) is 11.5 Å². The number of aromatic nitrogens is 2. The maximum absolute atomic E-state index is 13.5. The summed E-state index contributed by atoms with van der Waals surface area (Å²) < 4.78 is 26.6. The molecule has 3 nitrogen and oxygen atoms in total. The van der Waals surface area contributed by atoms with Gasteiger partial charge >= 0.3 is 0 Å². The van der Waals surface area contributed by atoms with E-state index in [0.717, 1.165) is 6.07 Å². The van der Waals surface area contributed by atoms with E-state index in [4.69, 9.17) is 5.73 Å². The Morgan fingerprint density at radius 3 is 2.59 bits per heavy atom. The first-order valence-electron chi connectivity index (χ1n) is 5.18. The molecule has 1 aromatic carbocycles. The van der Waals surface area contributed by atoms with Crippen LogP contribution in [0.2, 0.25) is 0 Å². The van der Waals surface area contributed by atoms with Crippen molar-refractivity contribution in [2.24, 2.45) is 5.73 Å². The average Bonchev–Trinajstić information content (AvgIpc) is 2.70. The predicted octanol–water partition coefficient (Wildman–Crippen LogP) is 2.55. The summed E-state index contributed by atoms with van der Waals surface area (Å²) >= 11 is 0. The van der Waals surface area contributed by atoms with Crippen LogP contribution in [-0.4, -0.2) is 9.97 Å². The number of hydrogen-bond acceptors (Lipinski definition) is 2. The Morgan fingerprint density at radius 2 is 2.00 bits per heavy atom. The molecule has 2 aromatic rings. The number of nitrogens with one attached hydrogen (secondary N) is 1. The van der Waals surface area contributed by atoms with Crippen molar-refractivity contribution in [3.63, 3.8) is 0 Å². The standard InChI is InChI=1S/C12H13F2N3/c1-12(2,15)11-16-6-9(17-11)7-4-3-5-8(13)10(7)14/h3-6H,15H2,1-2H3,(H,16,17). The third kappa shape index (κ3) is 2.19. The fourth-order valence-corrected chi connectivity index (χ4v) is 1.50. The molecule has 0 radical (unpaired) electrons. The average molecular weight is 237 g/mol. The zero-order valence-corrected chi connectivity index (χ0v) is 9.59. The Balaban J connectivity index is 2.48. The summed E-state index contributed by atoms with van der Waals surface area (Å²) in [5, 5.41) is 0. The molecule has 2 rings (SSSR count). The van der Waals surface area contributed by atoms with E-state index < -0.39 is 17.2 Å². The highest BCUT2D eigenvalue weighted by Crippen LogP contribution is 2.24. The van der Waals surface area contributed by atoms with E-state index in [1.165, 1.54) is 18.3 Å². The molecule has 0 aliphatic heterocycles. The summed E-state index contributed by atoms with van der Waals surface area (Å²) in [4.78, 5) is 6.96. The number of rotatable bonds is 2. The monoisotopic (exact) mass is 237 g/mol. The second-order valence-corrected chi connectivity index (χ2v) is 4.47. The molecule has 1 aromatic heterocycles. The van der Waals surface area contributed by atoms with Crippen molar-refractivity contribution in [3.8, 4) is 11.3 Å². The van der Waals surface area contributed by atoms with E-state index in [1.807, 2.05) is 0 Å². The topological polar surface area (TPSA) is 54.7 Å². The molecule has 0 aliphatic carbocycles. The van der Waals surface area contributed by atoms with Gasteiger partial charge in [-0.1, -0.05) is 6.07 Å². The minimum Gasteiger partial charge on any atom is -0.340 e. The normalized spacial score (nSPS) is 11.8. The lowest BCUT2D eigenvalue weighted by molar-refractivity contribution is 0.510. The van der Waals surface area contributed by atoms with Gasteiger partial charge in [0.05, 0.1) is 17.4 Å². The molecule has 0 aliphatic rings. The molecule has 0 unspecified atom stereocenters. The largest absolute Gasteiger partial charge is 0.340 e. The van der Waals surface area contributed by atoms with Crippen LogP contribution < -0.4 is 5.73 Å². The third-order valence-electron chi connectivity index (χ3n) is 2.43. The summed E-state index contributed by atoms with van der Waals surface area (Å²) in [5.41, 5.74) is 5.76. The fraction of sp³-hybridized carbons (Fsp3) is 0.250. The zero-order chi connectivity index (χ0) is 12.6. The summed E-state index contributed by atoms with van der Waals surface area (Å²) in [6.07, 6.45) is 1.45. The minimum absolute atomic E-state index is 0.146. The van der Waals surface area contributed by atoms with Gasteiger partial charge in [0.25, 0.3) is 0 Å². The van der Waals surface area contributed by atoms with Crippen LogP contribution in [0, 0.1) is 11.6 Å². The first-order chi connectivity index (χ1) is 7.89. The van der Waals surface area contributed by atoms with E-state index in [2.05, 4.69) is 9.97 Å². The van der Waals surface area contributed by atoms with Crippen molar-refractivity contribution < 1.29 is 8.78 Å². The Kier molecular flexibility index (Phi) is 2.71. The van der Waals surface area contributed by atoms with Gasteiger partial charge in [-0.05, 0) is 26.0 Å². The van der Waals surface area contributed by atoms with Crippen molar-refractivity contribution in [1.82, 2.24) is 9.97 Å². The summed E-state index contributed by atoms with van der Waals surface area (Å²) in [6, 6.07) is 4.00. The van der Waals surface area contributed by atoms with Gasteiger partial charge in [0.15, 0.2) is 11.6 Å². The lowest BCUT2D eigenvalue weighted by atomic mass is 10.1. The number of aromatic amines is 1. The van der Waals surface area contributed by atoms with Crippen LogP contribution >= 0.6 is 0 Å². The van der Waals surface area contributed by atoms with Crippen LogP contribution in [0.3, 0.4) is 0 Å². The lowest BCUT2D eigenvalue weighted by Crippen LogP contribution is -2.30. The van der Waals surface area contributed by atoms with E-state index >= 15 is 0 Å². The first kappa shape index (κ1) is 11.7. The van der Waals surface area contributed by atoms with E-state index in [-0.39, 0.29) is 5.56 Å². The molecule has 90 valence electrons. The summed E-state index contributed by atoms with van der Waals surface area (Å²) in [5.74, 6) is -1.25. The van der Waals surface area contributed by atoms with Gasteiger partial charge < -0.3 is 10.7 Å². The maximum Gasteiger partial charge on any atom is 0.168 e. The van der Waals surface area contributed by atoms with Gasteiger partial charge in [0.1, 0.15) is 5.82 Å². The van der Waals surface area contributed by atoms with Crippen LogP contribution in [-0.2, 0) is 5.54 Å². The highest BCUT2D eigenvalue weighted by atomic mass is 19.2. The first-order valence-corrected chi connectivity index (χ1v) is 5.18. The second-order valence-electron chi connectivity index (χ2n) is 4.47. The molecule has 0 bridgehead atoms. The Morgan fingerprint density at radius 1 is 1.29 bits per heavy atom. The quantitative estimate of drug-likeness (QED) is 0.843. The molecule has 3 N–H and O–H groups in total. The predicted molar refractivity (Wildman–Crippen MR) is 61.2 cm³/mol. The molecular formula is C12H13F2N3. The van der Waals surface area contributed by atoms with Crippen molar-refractivity contribution in [1.29, 1.82) is 0 Å². The minimum atomic E-state index is -0.891. The smallest absolute Gasteiger partial charge is 0.168 e. The third-order valence-corrected chi connectivity index (χ3v) is 2.43. The molecule has 0 spiro atoms. The van der Waals surface area contributed by atoms with Crippen molar-refractivity contribution in [3.05, 3.63) is 41.9 Å². The summed E-state index contributed by atoms with van der Waals surface area (Å²) in [6.45, 7) is 3.55. The highest BCUT2D eigenvalue weighted by molar-refractivity contribution is 5.59. The molecule has 0 fully saturated rings. The number of hydrogen-bond donors (Lipinski definition) is 2. The van der Waals surface area contributed by atoms with Crippen LogP contribution in [0.25, 0.3) is 11.3 Å². The van der Waals surface area contributed by atoms with Crippen molar-refractivity contribution in [2.75, 3.05) is 0 Å². The summed E-state index contributed by atoms with van der Waals surface area (Å²) in [7, 11) is 0.